The molecular formula is C16H14F2N2O3. The lowest BCUT2D eigenvalue weighted by molar-refractivity contribution is 0.0600. The monoisotopic (exact) mass is 320 g/mol. The minimum atomic E-state index is -1.00. The molecule has 0 aliphatic rings. The third-order valence-corrected chi connectivity index (χ3v) is 2.91. The van der Waals surface area contributed by atoms with Gasteiger partial charge in [0, 0.05) is 11.8 Å². The quantitative estimate of drug-likeness (QED) is 0.483. The van der Waals surface area contributed by atoms with Crippen LogP contribution in [0, 0.1) is 11.6 Å². The minimum Gasteiger partial charge on any atom is -0.465 e. The third-order valence-electron chi connectivity index (χ3n) is 2.91. The lowest BCUT2D eigenvalue weighted by Crippen LogP contribution is -2.09. The van der Waals surface area contributed by atoms with Crippen LogP contribution < -0.4 is 0 Å². The van der Waals surface area contributed by atoms with Crippen LogP contribution in [0.15, 0.2) is 41.7 Å². The SMILES string of the molecule is CCO/N=C(\c1ccc(F)c(F)c1)c1ccc(C(=O)OC)cn1. The van der Waals surface area contributed by atoms with E-state index < -0.39 is 17.6 Å². The van der Waals surface area contributed by atoms with Crippen molar-refractivity contribution in [1.82, 2.24) is 4.98 Å². The Hall–Kier alpha value is -2.83. The molecule has 0 unspecified atom stereocenters. The highest BCUT2D eigenvalue weighted by molar-refractivity contribution is 6.11. The standard InChI is InChI=1S/C16H14F2N2O3/c1-3-23-20-15(10-4-6-12(17)13(18)8-10)14-7-5-11(9-19-14)16(21)22-2/h4-9H,3H2,1-2H3/b20-15+. The van der Waals surface area contributed by atoms with E-state index in [9.17, 15) is 13.6 Å². The predicted octanol–water partition coefficient (Wildman–Crippen LogP) is 2.94. The number of benzene rings is 1. The van der Waals surface area contributed by atoms with Crippen LogP contribution in [-0.4, -0.2) is 30.4 Å². The number of ether oxygens (including phenoxy) is 1. The molecule has 0 aliphatic carbocycles. The molecular weight excluding hydrogens is 306 g/mol. The van der Waals surface area contributed by atoms with Gasteiger partial charge in [-0.2, -0.15) is 0 Å². The summed E-state index contributed by atoms with van der Waals surface area (Å²) in [6.07, 6.45) is 1.31. The van der Waals surface area contributed by atoms with Gasteiger partial charge in [0.05, 0.1) is 18.4 Å². The Morgan fingerprint density at radius 1 is 1.17 bits per heavy atom. The molecule has 5 nitrogen and oxygen atoms in total. The van der Waals surface area contributed by atoms with Crippen molar-refractivity contribution in [1.29, 1.82) is 0 Å². The number of carbonyl (C=O) groups excluding carboxylic acids is 1. The summed E-state index contributed by atoms with van der Waals surface area (Å²) >= 11 is 0. The Morgan fingerprint density at radius 2 is 1.91 bits per heavy atom. The maximum atomic E-state index is 13.4. The second kappa shape index (κ2) is 7.44. The number of pyridine rings is 1. The fraction of sp³-hybridized carbons (Fsp3) is 0.188. The Balaban J connectivity index is 2.42. The Bertz CT molecular complexity index is 731. The van der Waals surface area contributed by atoms with E-state index in [-0.39, 0.29) is 11.3 Å². The fourth-order valence-corrected chi connectivity index (χ4v) is 1.79. The molecule has 0 radical (unpaired) electrons. The number of methoxy groups -OCH3 is 1. The molecule has 23 heavy (non-hydrogen) atoms. The van der Waals surface area contributed by atoms with Gasteiger partial charge in [-0.3, -0.25) is 4.98 Å². The number of esters is 1. The highest BCUT2D eigenvalue weighted by Crippen LogP contribution is 2.14. The molecule has 0 aliphatic heterocycles. The summed E-state index contributed by atoms with van der Waals surface area (Å²) in [6.45, 7) is 2.04. The van der Waals surface area contributed by atoms with Gasteiger partial charge in [0.2, 0.25) is 0 Å². The number of carbonyl (C=O) groups is 1. The number of rotatable bonds is 5. The van der Waals surface area contributed by atoms with Crippen LogP contribution in [0.4, 0.5) is 8.78 Å². The second-order valence-corrected chi connectivity index (χ2v) is 4.41. The molecule has 0 bridgehead atoms. The fourth-order valence-electron chi connectivity index (χ4n) is 1.79. The van der Waals surface area contributed by atoms with Crippen LogP contribution in [0.3, 0.4) is 0 Å². The van der Waals surface area contributed by atoms with E-state index in [1.807, 2.05) is 0 Å². The molecule has 1 aromatic heterocycles. The topological polar surface area (TPSA) is 60.8 Å². The summed E-state index contributed by atoms with van der Waals surface area (Å²) in [5.74, 6) is -2.49. The molecule has 0 fully saturated rings. The van der Waals surface area contributed by atoms with Crippen molar-refractivity contribution in [3.8, 4) is 0 Å². The number of oxime groups is 1. The van der Waals surface area contributed by atoms with E-state index >= 15 is 0 Å². The van der Waals surface area contributed by atoms with Crippen LogP contribution in [0.25, 0.3) is 0 Å². The van der Waals surface area contributed by atoms with Crippen molar-refractivity contribution in [3.63, 3.8) is 0 Å². The summed E-state index contributed by atoms with van der Waals surface area (Å²) in [5, 5.41) is 3.90. The smallest absolute Gasteiger partial charge is 0.339 e. The molecule has 120 valence electrons. The molecule has 0 saturated carbocycles. The third kappa shape index (κ3) is 3.88. The maximum Gasteiger partial charge on any atom is 0.339 e. The van der Waals surface area contributed by atoms with E-state index in [2.05, 4.69) is 14.9 Å². The van der Waals surface area contributed by atoms with Crippen molar-refractivity contribution < 1.29 is 23.1 Å². The average molecular weight is 320 g/mol. The van der Waals surface area contributed by atoms with E-state index in [1.54, 1.807) is 6.92 Å². The zero-order chi connectivity index (χ0) is 16.8. The highest BCUT2D eigenvalue weighted by atomic mass is 19.2. The van der Waals surface area contributed by atoms with E-state index in [0.717, 1.165) is 12.1 Å². The molecule has 0 amide bonds. The van der Waals surface area contributed by atoms with Gasteiger partial charge in [0.15, 0.2) is 11.6 Å². The molecule has 0 atom stereocenters. The summed E-state index contributed by atoms with van der Waals surface area (Å²) in [7, 11) is 1.26. The molecule has 2 aromatic rings. The summed E-state index contributed by atoms with van der Waals surface area (Å²) in [5.41, 5.74) is 1.13. The lowest BCUT2D eigenvalue weighted by atomic mass is 10.1. The summed E-state index contributed by atoms with van der Waals surface area (Å²) in [4.78, 5) is 20.5. The minimum absolute atomic E-state index is 0.224. The van der Waals surface area contributed by atoms with Crippen LogP contribution in [-0.2, 0) is 9.57 Å². The van der Waals surface area contributed by atoms with Crippen LogP contribution in [0.2, 0.25) is 0 Å². The molecule has 7 heteroatoms. The number of hydrogen-bond donors (Lipinski definition) is 0. The van der Waals surface area contributed by atoms with Crippen LogP contribution in [0.5, 0.6) is 0 Å². The zero-order valence-electron chi connectivity index (χ0n) is 12.5. The van der Waals surface area contributed by atoms with E-state index in [4.69, 9.17) is 4.84 Å². The predicted molar refractivity (Wildman–Crippen MR) is 79.2 cm³/mol. The molecule has 1 aromatic carbocycles. The van der Waals surface area contributed by atoms with Crippen molar-refractivity contribution in [2.24, 2.45) is 5.16 Å². The average Bonchev–Trinajstić information content (AvgIpc) is 2.58. The van der Waals surface area contributed by atoms with Gasteiger partial charge in [0.25, 0.3) is 0 Å². The Kier molecular flexibility index (Phi) is 5.35. The molecule has 2 rings (SSSR count). The van der Waals surface area contributed by atoms with Gasteiger partial charge in [-0.05, 0) is 37.3 Å². The van der Waals surface area contributed by atoms with Crippen LogP contribution in [0.1, 0.15) is 28.5 Å². The first-order valence-electron chi connectivity index (χ1n) is 6.77. The van der Waals surface area contributed by atoms with Gasteiger partial charge in [0.1, 0.15) is 12.3 Å². The van der Waals surface area contributed by atoms with E-state index in [0.29, 0.717) is 17.9 Å². The maximum absolute atomic E-state index is 13.4. The van der Waals surface area contributed by atoms with Gasteiger partial charge in [-0.15, -0.1) is 0 Å². The number of nitrogens with zero attached hydrogens (tertiary/aromatic N) is 2. The van der Waals surface area contributed by atoms with Crippen molar-refractivity contribution in [2.45, 2.75) is 6.92 Å². The second-order valence-electron chi connectivity index (χ2n) is 4.41. The van der Waals surface area contributed by atoms with E-state index in [1.165, 1.54) is 31.5 Å². The van der Waals surface area contributed by atoms with Gasteiger partial charge < -0.3 is 9.57 Å². The summed E-state index contributed by atoms with van der Waals surface area (Å²) in [6, 6.07) is 6.38. The Labute approximate surface area is 131 Å². The normalized spacial score (nSPS) is 11.2. The van der Waals surface area contributed by atoms with Crippen molar-refractivity contribution in [3.05, 3.63) is 65.0 Å². The molecule has 0 saturated heterocycles. The van der Waals surface area contributed by atoms with Gasteiger partial charge in [-0.1, -0.05) is 5.16 Å². The first kappa shape index (κ1) is 16.5. The summed E-state index contributed by atoms with van der Waals surface area (Å²) < 4.78 is 31.1. The zero-order valence-corrected chi connectivity index (χ0v) is 12.5. The number of aromatic nitrogens is 1. The first-order valence-corrected chi connectivity index (χ1v) is 6.77. The first-order chi connectivity index (χ1) is 11.1. The number of hydrogen-bond acceptors (Lipinski definition) is 5. The van der Waals surface area contributed by atoms with Crippen LogP contribution >= 0.6 is 0 Å². The molecule has 0 N–H and O–H groups in total. The molecule has 0 spiro atoms. The van der Waals surface area contributed by atoms with Gasteiger partial charge >= 0.3 is 5.97 Å². The van der Waals surface area contributed by atoms with Crippen molar-refractivity contribution in [2.75, 3.05) is 13.7 Å². The Morgan fingerprint density at radius 3 is 2.48 bits per heavy atom. The highest BCUT2D eigenvalue weighted by Gasteiger charge is 2.14. The molecule has 1 heterocycles. The largest absolute Gasteiger partial charge is 0.465 e. The van der Waals surface area contributed by atoms with Crippen molar-refractivity contribution >= 4 is 11.7 Å². The number of halogens is 2. The van der Waals surface area contributed by atoms with Gasteiger partial charge in [-0.25, -0.2) is 13.6 Å². The lowest BCUT2D eigenvalue weighted by Gasteiger charge is -2.07.